The lowest BCUT2D eigenvalue weighted by molar-refractivity contribution is -0.147. The second kappa shape index (κ2) is 4.38. The summed E-state index contributed by atoms with van der Waals surface area (Å²) in [5.41, 5.74) is 1.00. The molecule has 0 saturated heterocycles. The summed E-state index contributed by atoms with van der Waals surface area (Å²) in [5.74, 6) is -0.733. The number of nitrogens with zero attached hydrogens (tertiary/aromatic N) is 2. The predicted octanol–water partition coefficient (Wildman–Crippen LogP) is 3.03. The lowest BCUT2D eigenvalue weighted by Crippen LogP contribution is -2.42. The molecule has 0 spiro atoms. The van der Waals surface area contributed by atoms with Crippen molar-refractivity contribution in [3.63, 3.8) is 0 Å². The maximum absolute atomic E-state index is 11.4. The Hall–Kier alpha value is -1.81. The van der Waals surface area contributed by atoms with E-state index in [1.807, 2.05) is 24.3 Å². The Morgan fingerprint density at radius 1 is 1.26 bits per heavy atom. The molecule has 98 valence electrons. The van der Waals surface area contributed by atoms with Gasteiger partial charge in [-0.3, -0.25) is 4.79 Å². The van der Waals surface area contributed by atoms with E-state index in [1.165, 1.54) is 0 Å². The van der Waals surface area contributed by atoms with Gasteiger partial charge in [-0.1, -0.05) is 30.2 Å². The highest BCUT2D eigenvalue weighted by Gasteiger charge is 2.45. The Morgan fingerprint density at radius 3 is 2.37 bits per heavy atom. The summed E-state index contributed by atoms with van der Waals surface area (Å²) >= 11 is 6.00. The topological polar surface area (TPSA) is 55.1 Å². The van der Waals surface area contributed by atoms with Crippen LogP contribution in [0.15, 0.2) is 36.5 Å². The van der Waals surface area contributed by atoms with Crippen LogP contribution in [0, 0.1) is 0 Å². The Balaban J connectivity index is 1.95. The van der Waals surface area contributed by atoms with E-state index in [4.69, 9.17) is 11.6 Å². The Bertz CT molecular complexity index is 615. The lowest BCUT2D eigenvalue weighted by atomic mass is 9.64. The first kappa shape index (κ1) is 12.2. The van der Waals surface area contributed by atoms with Crippen LogP contribution in [0.1, 0.15) is 24.8 Å². The summed E-state index contributed by atoms with van der Waals surface area (Å²) in [5, 5.41) is 14.0. The SMILES string of the molecule is O=C(O)C1(c2ccc(-n3nccc3Cl)cc2)CCC1. The molecule has 1 aromatic carbocycles. The molecule has 0 unspecified atom stereocenters. The Labute approximate surface area is 115 Å². The fraction of sp³-hybridized carbons (Fsp3) is 0.286. The summed E-state index contributed by atoms with van der Waals surface area (Å²) in [6.45, 7) is 0. The zero-order valence-electron chi connectivity index (χ0n) is 10.2. The number of hydrogen-bond donors (Lipinski definition) is 1. The van der Waals surface area contributed by atoms with Crippen molar-refractivity contribution in [1.82, 2.24) is 9.78 Å². The molecule has 1 saturated carbocycles. The molecule has 0 radical (unpaired) electrons. The summed E-state index contributed by atoms with van der Waals surface area (Å²) in [6, 6.07) is 9.15. The summed E-state index contributed by atoms with van der Waals surface area (Å²) in [6.07, 6.45) is 4.02. The molecule has 1 fully saturated rings. The first-order valence-corrected chi connectivity index (χ1v) is 6.55. The molecule has 1 aliphatic rings. The van der Waals surface area contributed by atoms with E-state index >= 15 is 0 Å². The van der Waals surface area contributed by atoms with Gasteiger partial charge in [-0.15, -0.1) is 0 Å². The standard InChI is InChI=1S/C14H13ClN2O2/c15-12-6-9-16-17(12)11-4-2-10(3-5-11)14(13(18)19)7-1-8-14/h2-6,9H,1,7-8H2,(H,18,19). The summed E-state index contributed by atoms with van der Waals surface area (Å²) < 4.78 is 1.61. The monoisotopic (exact) mass is 276 g/mol. The van der Waals surface area contributed by atoms with E-state index in [9.17, 15) is 9.90 Å². The fourth-order valence-corrected chi connectivity index (χ4v) is 2.75. The van der Waals surface area contributed by atoms with Gasteiger partial charge in [0.05, 0.1) is 17.3 Å². The maximum atomic E-state index is 11.4. The minimum absolute atomic E-state index is 0.532. The highest BCUT2D eigenvalue weighted by atomic mass is 35.5. The molecule has 0 aliphatic heterocycles. The summed E-state index contributed by atoms with van der Waals surface area (Å²) in [7, 11) is 0. The number of halogens is 1. The van der Waals surface area contributed by atoms with Gasteiger partial charge in [0.25, 0.3) is 0 Å². The number of hydrogen-bond acceptors (Lipinski definition) is 2. The van der Waals surface area contributed by atoms with Gasteiger partial charge < -0.3 is 5.11 Å². The van der Waals surface area contributed by atoms with Gasteiger partial charge in [-0.05, 0) is 36.6 Å². The quantitative estimate of drug-likeness (QED) is 0.937. The van der Waals surface area contributed by atoms with E-state index in [2.05, 4.69) is 5.10 Å². The van der Waals surface area contributed by atoms with Gasteiger partial charge in [0.15, 0.2) is 0 Å². The molecule has 5 heteroatoms. The van der Waals surface area contributed by atoms with Gasteiger partial charge in [-0.25, -0.2) is 4.68 Å². The van der Waals surface area contributed by atoms with Crippen LogP contribution in [-0.4, -0.2) is 20.9 Å². The second-order valence-corrected chi connectivity index (χ2v) is 5.24. The third-order valence-electron chi connectivity index (χ3n) is 3.88. The number of aromatic nitrogens is 2. The van der Waals surface area contributed by atoms with Crippen molar-refractivity contribution in [2.24, 2.45) is 0 Å². The van der Waals surface area contributed by atoms with Crippen LogP contribution < -0.4 is 0 Å². The Morgan fingerprint density at radius 2 is 1.95 bits per heavy atom. The molecule has 0 atom stereocenters. The van der Waals surface area contributed by atoms with E-state index in [1.54, 1.807) is 16.9 Å². The largest absolute Gasteiger partial charge is 0.481 e. The fourth-order valence-electron chi connectivity index (χ4n) is 2.56. The number of carbonyl (C=O) groups is 1. The van der Waals surface area contributed by atoms with Crippen molar-refractivity contribution in [2.45, 2.75) is 24.7 Å². The van der Waals surface area contributed by atoms with Crippen LogP contribution in [-0.2, 0) is 10.2 Å². The molecule has 0 amide bonds. The molecule has 2 aromatic rings. The minimum Gasteiger partial charge on any atom is -0.481 e. The zero-order valence-corrected chi connectivity index (χ0v) is 11.0. The van der Waals surface area contributed by atoms with Crippen LogP contribution in [0.2, 0.25) is 5.15 Å². The van der Waals surface area contributed by atoms with Crippen LogP contribution >= 0.6 is 11.6 Å². The van der Waals surface area contributed by atoms with E-state index in [-0.39, 0.29) is 0 Å². The molecular weight excluding hydrogens is 264 g/mol. The minimum atomic E-state index is -0.733. The van der Waals surface area contributed by atoms with Crippen LogP contribution in [0.25, 0.3) is 5.69 Å². The number of carboxylic acid groups (broad SMARTS) is 1. The molecule has 4 nitrogen and oxygen atoms in total. The lowest BCUT2D eigenvalue weighted by Gasteiger charge is -2.38. The average molecular weight is 277 g/mol. The molecule has 1 aliphatic carbocycles. The highest BCUT2D eigenvalue weighted by Crippen LogP contribution is 2.44. The van der Waals surface area contributed by atoms with Crippen molar-refractivity contribution >= 4 is 17.6 Å². The zero-order chi connectivity index (χ0) is 13.5. The smallest absolute Gasteiger partial charge is 0.314 e. The molecule has 3 rings (SSSR count). The van der Waals surface area contributed by atoms with Gasteiger partial charge in [0.2, 0.25) is 0 Å². The average Bonchev–Trinajstić information content (AvgIpc) is 2.74. The molecule has 0 bridgehead atoms. The number of aliphatic carboxylic acids is 1. The van der Waals surface area contributed by atoms with Crippen LogP contribution in [0.3, 0.4) is 0 Å². The molecule has 1 N–H and O–H groups in total. The van der Waals surface area contributed by atoms with Crippen molar-refractivity contribution in [3.05, 3.63) is 47.2 Å². The van der Waals surface area contributed by atoms with Crippen LogP contribution in [0.5, 0.6) is 0 Å². The van der Waals surface area contributed by atoms with Crippen molar-refractivity contribution in [2.75, 3.05) is 0 Å². The molecule has 19 heavy (non-hydrogen) atoms. The van der Waals surface area contributed by atoms with E-state index in [0.29, 0.717) is 18.0 Å². The van der Waals surface area contributed by atoms with Crippen molar-refractivity contribution < 1.29 is 9.90 Å². The highest BCUT2D eigenvalue weighted by molar-refractivity contribution is 6.29. The van der Waals surface area contributed by atoms with E-state index < -0.39 is 11.4 Å². The number of benzene rings is 1. The normalized spacial score (nSPS) is 16.9. The Kier molecular flexibility index (Phi) is 2.82. The van der Waals surface area contributed by atoms with E-state index in [0.717, 1.165) is 17.7 Å². The molecule has 1 heterocycles. The van der Waals surface area contributed by atoms with Gasteiger partial charge in [0, 0.05) is 0 Å². The van der Waals surface area contributed by atoms with Crippen LogP contribution in [0.4, 0.5) is 0 Å². The number of rotatable bonds is 3. The number of carboxylic acids is 1. The van der Waals surface area contributed by atoms with Crippen molar-refractivity contribution in [1.29, 1.82) is 0 Å². The first-order chi connectivity index (χ1) is 9.13. The third-order valence-corrected chi connectivity index (χ3v) is 4.16. The second-order valence-electron chi connectivity index (χ2n) is 4.85. The predicted molar refractivity (Wildman–Crippen MR) is 71.7 cm³/mol. The first-order valence-electron chi connectivity index (χ1n) is 6.17. The van der Waals surface area contributed by atoms with Crippen molar-refractivity contribution in [3.8, 4) is 5.69 Å². The maximum Gasteiger partial charge on any atom is 0.314 e. The van der Waals surface area contributed by atoms with Gasteiger partial charge in [-0.2, -0.15) is 5.10 Å². The van der Waals surface area contributed by atoms with Gasteiger partial charge >= 0.3 is 5.97 Å². The third kappa shape index (κ3) is 1.83. The molecular formula is C14H13ClN2O2. The summed E-state index contributed by atoms with van der Waals surface area (Å²) in [4.78, 5) is 11.4. The molecule has 1 aromatic heterocycles. The van der Waals surface area contributed by atoms with Gasteiger partial charge in [0.1, 0.15) is 5.15 Å².